The van der Waals surface area contributed by atoms with E-state index < -0.39 is 0 Å². The van der Waals surface area contributed by atoms with E-state index in [1.807, 2.05) is 32.1 Å². The van der Waals surface area contributed by atoms with Crippen LogP contribution in [0.1, 0.15) is 42.1 Å². The van der Waals surface area contributed by atoms with Crippen LogP contribution in [0.3, 0.4) is 0 Å². The number of benzene rings is 2. The summed E-state index contributed by atoms with van der Waals surface area (Å²) < 4.78 is 16.2. The number of hydrogen-bond acceptors (Lipinski definition) is 5. The maximum Gasteiger partial charge on any atom is 0.251 e. The largest absolute Gasteiger partial charge is 0.366 e. The molecule has 2 aromatic heterocycles. The maximum absolute atomic E-state index is 14.5. The summed E-state index contributed by atoms with van der Waals surface area (Å²) in [5.74, 6) is 0.325. The molecule has 37 heavy (non-hydrogen) atoms. The first-order chi connectivity index (χ1) is 17.9. The lowest BCUT2D eigenvalue weighted by Gasteiger charge is -2.23. The summed E-state index contributed by atoms with van der Waals surface area (Å²) in [6, 6.07) is 16.4. The van der Waals surface area contributed by atoms with Crippen LogP contribution in [-0.4, -0.2) is 59.9 Å². The minimum absolute atomic E-state index is 0.0640. The number of fused-ring (bicyclic) bond motifs is 1. The summed E-state index contributed by atoms with van der Waals surface area (Å²) in [7, 11) is 6.10. The number of hydrogen-bond donors (Lipinski definition) is 2. The Balaban J connectivity index is 1.42. The Kier molecular flexibility index (Phi) is 8.56. The number of rotatable bonds is 11. The van der Waals surface area contributed by atoms with Gasteiger partial charge in [0.05, 0.1) is 5.69 Å². The van der Waals surface area contributed by atoms with Gasteiger partial charge in [-0.1, -0.05) is 37.6 Å². The first-order valence-electron chi connectivity index (χ1n) is 12.7. The van der Waals surface area contributed by atoms with Crippen LogP contribution in [0.15, 0.2) is 60.8 Å². The smallest absolute Gasteiger partial charge is 0.251 e. The standard InChI is InChI=1S/C28H34BFN6O/c1-4-7-21(35(2)3)14-15-31-28(37)20-12-10-19(11-13-20)17-32-26-16-25(22-8-5-6-9-24(22)30)34-27-23(29)18-33-36(26)27/h5-6,8-13,16,18,21,32H,4,7,14-15,17,29H2,1-3H3,(H,31,37). The average Bonchev–Trinajstić information content (AvgIpc) is 3.27. The molecular formula is C28H34BFN6O. The predicted octanol–water partition coefficient (Wildman–Crippen LogP) is 3.26. The SMILES string of the molecule is Bc1cnn2c(NCc3ccc(C(=O)NCCC(CCC)N(C)C)cc3)cc(-c3ccccc3F)nc12. The second-order valence-corrected chi connectivity index (χ2v) is 9.57. The number of nitrogens with zero attached hydrogens (tertiary/aromatic N) is 4. The number of halogens is 1. The van der Waals surface area contributed by atoms with Gasteiger partial charge in [-0.15, -0.1) is 0 Å². The highest BCUT2D eigenvalue weighted by atomic mass is 19.1. The number of amides is 1. The van der Waals surface area contributed by atoms with Gasteiger partial charge in [-0.25, -0.2) is 9.37 Å². The highest BCUT2D eigenvalue weighted by Gasteiger charge is 2.14. The summed E-state index contributed by atoms with van der Waals surface area (Å²) in [6.07, 6.45) is 4.92. The molecule has 7 nitrogen and oxygen atoms in total. The maximum atomic E-state index is 14.5. The molecule has 2 N–H and O–H groups in total. The van der Waals surface area contributed by atoms with Gasteiger partial charge in [0.2, 0.25) is 0 Å². The van der Waals surface area contributed by atoms with Gasteiger partial charge in [-0.2, -0.15) is 9.61 Å². The van der Waals surface area contributed by atoms with Crippen molar-refractivity contribution in [1.29, 1.82) is 0 Å². The molecule has 0 aliphatic carbocycles. The highest BCUT2D eigenvalue weighted by Crippen LogP contribution is 2.24. The highest BCUT2D eigenvalue weighted by molar-refractivity contribution is 6.36. The van der Waals surface area contributed by atoms with E-state index >= 15 is 0 Å². The molecule has 4 aromatic rings. The monoisotopic (exact) mass is 500 g/mol. The van der Waals surface area contributed by atoms with Gasteiger partial charge in [0.25, 0.3) is 5.91 Å². The average molecular weight is 500 g/mol. The Labute approximate surface area is 218 Å². The van der Waals surface area contributed by atoms with Crippen molar-refractivity contribution in [3.05, 3.63) is 77.7 Å². The van der Waals surface area contributed by atoms with E-state index in [9.17, 15) is 9.18 Å². The van der Waals surface area contributed by atoms with Gasteiger partial charge in [0, 0.05) is 42.5 Å². The second kappa shape index (κ2) is 12.0. The first kappa shape index (κ1) is 26.4. The topological polar surface area (TPSA) is 74.6 Å². The molecule has 0 saturated carbocycles. The number of carbonyl (C=O) groups is 1. The summed E-state index contributed by atoms with van der Waals surface area (Å²) in [5.41, 5.74) is 4.20. The van der Waals surface area contributed by atoms with Crippen molar-refractivity contribution in [2.45, 2.75) is 38.8 Å². The number of aromatic nitrogens is 3. The number of anilines is 1. The molecule has 0 aliphatic rings. The van der Waals surface area contributed by atoms with Crippen LogP contribution in [0.25, 0.3) is 16.9 Å². The molecule has 2 heterocycles. The fraction of sp³-hybridized carbons (Fsp3) is 0.321. The van der Waals surface area contributed by atoms with E-state index in [0.717, 1.165) is 30.3 Å². The van der Waals surface area contributed by atoms with Crippen molar-refractivity contribution in [2.24, 2.45) is 0 Å². The third kappa shape index (κ3) is 6.35. The minimum Gasteiger partial charge on any atom is -0.366 e. The normalized spacial score (nSPS) is 12.1. The minimum atomic E-state index is -0.320. The molecule has 1 unspecified atom stereocenters. The Morgan fingerprint density at radius 1 is 1.14 bits per heavy atom. The first-order valence-corrected chi connectivity index (χ1v) is 12.7. The van der Waals surface area contributed by atoms with E-state index in [0.29, 0.717) is 47.4 Å². The lowest BCUT2D eigenvalue weighted by Crippen LogP contribution is -2.33. The number of nitrogens with one attached hydrogen (secondary N) is 2. The molecule has 0 radical (unpaired) electrons. The van der Waals surface area contributed by atoms with Gasteiger partial charge in [-0.3, -0.25) is 4.79 Å². The third-order valence-corrected chi connectivity index (χ3v) is 6.60. The van der Waals surface area contributed by atoms with Gasteiger partial charge >= 0.3 is 0 Å². The van der Waals surface area contributed by atoms with Crippen LogP contribution < -0.4 is 16.1 Å². The molecule has 2 aromatic carbocycles. The number of carbonyl (C=O) groups excluding carboxylic acids is 1. The molecule has 0 bridgehead atoms. The molecule has 192 valence electrons. The van der Waals surface area contributed by atoms with Crippen LogP contribution in [-0.2, 0) is 6.54 Å². The van der Waals surface area contributed by atoms with Crippen LogP contribution in [0, 0.1) is 5.82 Å². The Morgan fingerprint density at radius 2 is 1.89 bits per heavy atom. The summed E-state index contributed by atoms with van der Waals surface area (Å²) in [6.45, 7) is 3.34. The Hall–Kier alpha value is -3.72. The molecule has 4 rings (SSSR count). The summed E-state index contributed by atoms with van der Waals surface area (Å²) in [4.78, 5) is 19.5. The third-order valence-electron chi connectivity index (χ3n) is 6.60. The lowest BCUT2D eigenvalue weighted by atomic mass is 10.0. The zero-order valence-electron chi connectivity index (χ0n) is 22.0. The van der Waals surface area contributed by atoms with E-state index in [4.69, 9.17) is 0 Å². The molecule has 1 atom stereocenters. The van der Waals surface area contributed by atoms with Crippen molar-refractivity contribution in [1.82, 2.24) is 24.8 Å². The lowest BCUT2D eigenvalue weighted by molar-refractivity contribution is 0.0949. The van der Waals surface area contributed by atoms with Crippen molar-refractivity contribution in [3.63, 3.8) is 0 Å². The van der Waals surface area contributed by atoms with E-state index in [1.54, 1.807) is 35.0 Å². The summed E-state index contributed by atoms with van der Waals surface area (Å²) >= 11 is 0. The van der Waals surface area contributed by atoms with Gasteiger partial charge in [-0.05, 0) is 62.2 Å². The van der Waals surface area contributed by atoms with E-state index in [1.165, 1.54) is 6.07 Å². The second-order valence-electron chi connectivity index (χ2n) is 9.57. The van der Waals surface area contributed by atoms with Crippen LogP contribution in [0.5, 0.6) is 0 Å². The molecule has 1 amide bonds. The van der Waals surface area contributed by atoms with Crippen LogP contribution in [0.2, 0.25) is 0 Å². The van der Waals surface area contributed by atoms with E-state index in [-0.39, 0.29) is 11.7 Å². The van der Waals surface area contributed by atoms with Crippen molar-refractivity contribution in [3.8, 4) is 11.3 Å². The van der Waals surface area contributed by atoms with Gasteiger partial charge in [0.1, 0.15) is 19.5 Å². The van der Waals surface area contributed by atoms with Gasteiger partial charge < -0.3 is 15.5 Å². The fourth-order valence-electron chi connectivity index (χ4n) is 4.42. The molecular weight excluding hydrogens is 466 g/mol. The van der Waals surface area contributed by atoms with Crippen molar-refractivity contribution >= 4 is 30.7 Å². The Morgan fingerprint density at radius 3 is 2.59 bits per heavy atom. The van der Waals surface area contributed by atoms with E-state index in [2.05, 4.69) is 46.6 Å². The summed E-state index contributed by atoms with van der Waals surface area (Å²) in [5, 5.41) is 10.9. The molecule has 9 heteroatoms. The molecule has 0 fully saturated rings. The predicted molar refractivity (Wildman–Crippen MR) is 150 cm³/mol. The molecule has 0 aliphatic heterocycles. The Bertz CT molecular complexity index is 1350. The van der Waals surface area contributed by atoms with Crippen molar-refractivity contribution < 1.29 is 9.18 Å². The molecule has 0 saturated heterocycles. The molecule has 0 spiro atoms. The fourth-order valence-corrected chi connectivity index (χ4v) is 4.42. The van der Waals surface area contributed by atoms with Crippen LogP contribution in [0.4, 0.5) is 10.2 Å². The quantitative estimate of drug-likeness (QED) is 0.310. The zero-order chi connectivity index (χ0) is 26.4. The van der Waals surface area contributed by atoms with Gasteiger partial charge in [0.15, 0.2) is 5.65 Å². The van der Waals surface area contributed by atoms with Crippen molar-refractivity contribution in [2.75, 3.05) is 26.0 Å². The zero-order valence-corrected chi connectivity index (χ0v) is 22.0. The van der Waals surface area contributed by atoms with Crippen LogP contribution >= 0.6 is 0 Å².